The molecule has 0 aliphatic carbocycles. The van der Waals surface area contributed by atoms with E-state index in [1.807, 2.05) is 13.8 Å². The molecule has 2 N–H and O–H groups in total. The van der Waals surface area contributed by atoms with Crippen LogP contribution in [0, 0.1) is 0 Å². The van der Waals surface area contributed by atoms with E-state index >= 15 is 0 Å². The maximum Gasteiger partial charge on any atom is 0.446 e. The third-order valence-corrected chi connectivity index (χ3v) is 6.65. The fourth-order valence-corrected chi connectivity index (χ4v) is 4.58. The van der Waals surface area contributed by atoms with E-state index in [0.717, 1.165) is 24.1 Å². The van der Waals surface area contributed by atoms with E-state index in [9.17, 15) is 18.0 Å². The maximum absolute atomic E-state index is 12.9. The van der Waals surface area contributed by atoms with Crippen LogP contribution in [0.4, 0.5) is 23.9 Å². The number of hydrogen-bond donors (Lipinski definition) is 2. The summed E-state index contributed by atoms with van der Waals surface area (Å²) in [7, 11) is 0. The van der Waals surface area contributed by atoms with Crippen molar-refractivity contribution >= 4 is 23.7 Å². The molecule has 11 heteroatoms. The molecule has 1 aromatic heterocycles. The van der Waals surface area contributed by atoms with E-state index in [1.54, 1.807) is 23.2 Å². The molecule has 1 saturated heterocycles. The average molecular weight is 482 g/mol. The number of thioether (sulfide) groups is 1. The summed E-state index contributed by atoms with van der Waals surface area (Å²) in [5.41, 5.74) is -2.51. The van der Waals surface area contributed by atoms with Gasteiger partial charge >= 0.3 is 11.5 Å². The Hall–Kier alpha value is -2.53. The largest absolute Gasteiger partial charge is 0.446 e. The first-order valence-corrected chi connectivity index (χ1v) is 11.5. The number of anilines is 1. The Morgan fingerprint density at radius 3 is 2.61 bits per heavy atom. The van der Waals surface area contributed by atoms with Gasteiger partial charge in [0.05, 0.1) is 17.8 Å². The van der Waals surface area contributed by atoms with Crippen LogP contribution >= 0.6 is 11.8 Å². The molecule has 4 rings (SSSR count). The molecule has 0 radical (unpaired) electrons. The molecule has 178 valence electrons. The van der Waals surface area contributed by atoms with Gasteiger partial charge in [-0.1, -0.05) is 12.1 Å². The monoisotopic (exact) mass is 481 g/mol. The molecule has 0 spiro atoms. The highest BCUT2D eigenvalue weighted by atomic mass is 32.2. The van der Waals surface area contributed by atoms with Crippen LogP contribution in [0.1, 0.15) is 43.5 Å². The third-order valence-electron chi connectivity index (χ3n) is 5.91. The van der Waals surface area contributed by atoms with Crippen molar-refractivity contribution in [2.24, 2.45) is 0 Å². The predicted octanol–water partition coefficient (Wildman–Crippen LogP) is 4.64. The highest BCUT2D eigenvalue weighted by Gasteiger charge is 2.41. The Bertz CT molecular complexity index is 995. The molecule has 2 aliphatic rings. The lowest BCUT2D eigenvalue weighted by atomic mass is 9.97. The number of amides is 2. The minimum Gasteiger partial charge on any atom is -0.381 e. The number of aromatic nitrogens is 2. The standard InChI is InChI=1S/C22H26F3N5O2S/c1-21(2)17-12-26-19(28-15-7-9-32-10-8-15)29-18(17)13-30(21)20(31)27-11-14-3-5-16(6-4-14)33-22(23,24)25/h3-6,12,15H,7-11,13H2,1-2H3,(H,27,31)(H,26,28,29). The number of urea groups is 1. The average Bonchev–Trinajstić information content (AvgIpc) is 3.03. The molecule has 1 fully saturated rings. The van der Waals surface area contributed by atoms with Crippen LogP contribution < -0.4 is 10.6 Å². The van der Waals surface area contributed by atoms with Gasteiger partial charge in [0.25, 0.3) is 0 Å². The van der Waals surface area contributed by atoms with Gasteiger partial charge in [-0.3, -0.25) is 0 Å². The number of nitrogens with one attached hydrogen (secondary N) is 2. The molecule has 33 heavy (non-hydrogen) atoms. The minimum absolute atomic E-state index is 0.109. The van der Waals surface area contributed by atoms with Crippen molar-refractivity contribution in [3.63, 3.8) is 0 Å². The number of hydrogen-bond acceptors (Lipinski definition) is 6. The van der Waals surface area contributed by atoms with Crippen molar-refractivity contribution in [1.29, 1.82) is 0 Å². The van der Waals surface area contributed by atoms with Gasteiger partial charge in [0, 0.05) is 42.5 Å². The smallest absolute Gasteiger partial charge is 0.381 e. The van der Waals surface area contributed by atoms with Gasteiger partial charge in [-0.05, 0) is 56.1 Å². The number of carbonyl (C=O) groups excluding carboxylic acids is 1. The number of rotatable bonds is 5. The lowest BCUT2D eigenvalue weighted by Crippen LogP contribution is -2.45. The molecule has 2 aromatic rings. The van der Waals surface area contributed by atoms with E-state index in [2.05, 4.69) is 20.6 Å². The SMILES string of the molecule is CC1(C)c2cnc(NC3CCOCC3)nc2CN1C(=O)NCc1ccc(SC(F)(F)F)cc1. The molecule has 0 saturated carbocycles. The van der Waals surface area contributed by atoms with Crippen molar-refractivity contribution in [1.82, 2.24) is 20.2 Å². The van der Waals surface area contributed by atoms with Crippen molar-refractivity contribution in [2.75, 3.05) is 18.5 Å². The van der Waals surface area contributed by atoms with Crippen LogP contribution in [-0.2, 0) is 23.4 Å². The number of ether oxygens (including phenoxy) is 1. The zero-order valence-electron chi connectivity index (χ0n) is 18.4. The van der Waals surface area contributed by atoms with E-state index in [-0.39, 0.29) is 35.3 Å². The number of carbonyl (C=O) groups is 1. The topological polar surface area (TPSA) is 79.4 Å². The van der Waals surface area contributed by atoms with Crippen LogP contribution in [0.5, 0.6) is 0 Å². The first-order chi connectivity index (χ1) is 15.6. The molecule has 7 nitrogen and oxygen atoms in total. The summed E-state index contributed by atoms with van der Waals surface area (Å²) in [6, 6.07) is 5.96. The molecule has 2 amide bonds. The molecule has 0 atom stereocenters. The van der Waals surface area contributed by atoms with E-state index < -0.39 is 11.0 Å². The highest BCUT2D eigenvalue weighted by molar-refractivity contribution is 8.00. The van der Waals surface area contributed by atoms with Crippen LogP contribution in [0.25, 0.3) is 0 Å². The van der Waals surface area contributed by atoms with Gasteiger partial charge in [-0.15, -0.1) is 0 Å². The highest BCUT2D eigenvalue weighted by Crippen LogP contribution is 2.38. The maximum atomic E-state index is 12.9. The molecular weight excluding hydrogens is 455 g/mol. The summed E-state index contributed by atoms with van der Waals surface area (Å²) in [5, 5.41) is 6.21. The second-order valence-corrected chi connectivity index (χ2v) is 9.72. The quantitative estimate of drug-likeness (QED) is 0.606. The van der Waals surface area contributed by atoms with Crippen LogP contribution in [-0.4, -0.2) is 45.7 Å². The predicted molar refractivity (Wildman–Crippen MR) is 119 cm³/mol. The Balaban J connectivity index is 1.37. The molecule has 2 aliphatic heterocycles. The van der Waals surface area contributed by atoms with Crippen molar-refractivity contribution < 1.29 is 22.7 Å². The van der Waals surface area contributed by atoms with Crippen molar-refractivity contribution in [3.8, 4) is 0 Å². The summed E-state index contributed by atoms with van der Waals surface area (Å²) in [4.78, 5) is 23.9. The Morgan fingerprint density at radius 2 is 1.94 bits per heavy atom. The van der Waals surface area contributed by atoms with Gasteiger partial charge in [0.15, 0.2) is 0 Å². The first kappa shape index (κ1) is 23.6. The number of nitrogens with zero attached hydrogens (tertiary/aromatic N) is 3. The number of fused-ring (bicyclic) bond motifs is 1. The van der Waals surface area contributed by atoms with E-state index in [0.29, 0.717) is 31.3 Å². The number of alkyl halides is 3. The minimum atomic E-state index is -4.32. The zero-order valence-corrected chi connectivity index (χ0v) is 19.2. The second kappa shape index (κ2) is 9.38. The van der Waals surface area contributed by atoms with Crippen molar-refractivity contribution in [3.05, 3.63) is 47.3 Å². The summed E-state index contributed by atoms with van der Waals surface area (Å²) in [6.07, 6.45) is 3.57. The van der Waals surface area contributed by atoms with E-state index in [4.69, 9.17) is 4.74 Å². The van der Waals surface area contributed by atoms with Gasteiger partial charge in [0.1, 0.15) is 0 Å². The number of halogens is 3. The Labute approximate surface area is 194 Å². The molecule has 0 bridgehead atoms. The fraction of sp³-hybridized carbons (Fsp3) is 0.500. The summed E-state index contributed by atoms with van der Waals surface area (Å²) < 4.78 is 42.8. The first-order valence-electron chi connectivity index (χ1n) is 10.7. The van der Waals surface area contributed by atoms with Crippen LogP contribution in [0.3, 0.4) is 0 Å². The van der Waals surface area contributed by atoms with Gasteiger partial charge in [-0.25, -0.2) is 14.8 Å². The zero-order chi connectivity index (χ0) is 23.6. The molecule has 3 heterocycles. The Morgan fingerprint density at radius 1 is 1.24 bits per heavy atom. The second-order valence-electron chi connectivity index (χ2n) is 8.58. The number of benzene rings is 1. The lowest BCUT2D eigenvalue weighted by Gasteiger charge is -2.32. The van der Waals surface area contributed by atoms with Gasteiger partial charge in [0.2, 0.25) is 5.95 Å². The molecular formula is C22H26F3N5O2S. The normalized spacial score (nSPS) is 18.2. The summed E-state index contributed by atoms with van der Waals surface area (Å²) in [6.45, 7) is 5.87. The van der Waals surface area contributed by atoms with Gasteiger partial charge < -0.3 is 20.3 Å². The summed E-state index contributed by atoms with van der Waals surface area (Å²) >= 11 is -0.161. The van der Waals surface area contributed by atoms with Crippen molar-refractivity contribution in [2.45, 2.75) is 61.8 Å². The van der Waals surface area contributed by atoms with E-state index in [1.165, 1.54) is 12.1 Å². The van der Waals surface area contributed by atoms with Crippen LogP contribution in [0.2, 0.25) is 0 Å². The lowest BCUT2D eigenvalue weighted by molar-refractivity contribution is -0.0328. The third kappa shape index (κ3) is 5.70. The van der Waals surface area contributed by atoms with Gasteiger partial charge in [-0.2, -0.15) is 13.2 Å². The fourth-order valence-electron chi connectivity index (χ4n) is 4.04. The molecule has 0 unspecified atom stereocenters. The molecule has 1 aromatic carbocycles. The Kier molecular flexibility index (Phi) is 6.71. The van der Waals surface area contributed by atoms with Crippen LogP contribution in [0.15, 0.2) is 35.4 Å². The summed E-state index contributed by atoms with van der Waals surface area (Å²) in [5.74, 6) is 0.551.